The van der Waals surface area contributed by atoms with E-state index in [2.05, 4.69) is 44.9 Å². The zero-order valence-corrected chi connectivity index (χ0v) is 20.0. The van der Waals surface area contributed by atoms with Crippen molar-refractivity contribution in [2.45, 2.75) is 12.5 Å². The second-order valence-electron chi connectivity index (χ2n) is 9.56. The van der Waals surface area contributed by atoms with Gasteiger partial charge in [-0.15, -0.1) is 0 Å². The maximum Gasteiger partial charge on any atom is 0.258 e. The number of carbonyl (C=O) groups is 3. The summed E-state index contributed by atoms with van der Waals surface area (Å²) in [5.74, 6) is -0.807. The van der Waals surface area contributed by atoms with Gasteiger partial charge < -0.3 is 25.8 Å². The molecule has 1 atom stereocenters. The van der Waals surface area contributed by atoms with E-state index in [9.17, 15) is 14.4 Å². The van der Waals surface area contributed by atoms with Crippen LogP contribution in [-0.2, 0) is 4.79 Å². The molecule has 0 saturated carbocycles. The Morgan fingerprint density at radius 3 is 2.50 bits per heavy atom. The Morgan fingerprint density at radius 2 is 1.75 bits per heavy atom. The van der Waals surface area contributed by atoms with E-state index in [1.54, 1.807) is 36.4 Å². The second kappa shape index (κ2) is 8.80. The van der Waals surface area contributed by atoms with Gasteiger partial charge >= 0.3 is 0 Å². The molecular formula is C28H27N5O3. The number of piperazine rings is 1. The highest BCUT2D eigenvalue weighted by Crippen LogP contribution is 2.39. The number of carbonyl (C=O) groups excluding carboxylic acids is 3. The Hall–Kier alpha value is -4.17. The van der Waals surface area contributed by atoms with Gasteiger partial charge in [0.2, 0.25) is 5.78 Å². The molecular weight excluding hydrogens is 454 g/mol. The lowest BCUT2D eigenvalue weighted by atomic mass is 9.99. The van der Waals surface area contributed by atoms with Crippen LogP contribution in [0.2, 0.25) is 0 Å². The SMILES string of the molecule is CN1CCN(C2=CCC(NC(=O)c3ccc4c(c3)/C(=C3/Nc5ccccc5C3=O)C(=O)N4)C=C2)CC1. The maximum absolute atomic E-state index is 13.1. The third kappa shape index (κ3) is 3.89. The van der Waals surface area contributed by atoms with Gasteiger partial charge in [0.05, 0.1) is 11.6 Å². The van der Waals surface area contributed by atoms with Gasteiger partial charge in [-0.05, 0) is 49.9 Å². The number of benzene rings is 2. The number of likely N-dealkylation sites (N-methyl/N-ethyl adjacent to an activating group) is 1. The third-order valence-electron chi connectivity index (χ3n) is 7.20. The number of rotatable bonds is 3. The van der Waals surface area contributed by atoms with Crippen LogP contribution < -0.4 is 16.0 Å². The number of nitrogens with one attached hydrogen (secondary N) is 3. The maximum atomic E-state index is 13.1. The highest BCUT2D eigenvalue weighted by molar-refractivity contribution is 6.39. The first-order valence-corrected chi connectivity index (χ1v) is 12.2. The van der Waals surface area contributed by atoms with Crippen LogP contribution in [0.1, 0.15) is 32.7 Å². The van der Waals surface area contributed by atoms with E-state index in [4.69, 9.17) is 0 Å². The van der Waals surface area contributed by atoms with Crippen LogP contribution in [0.3, 0.4) is 0 Å². The van der Waals surface area contributed by atoms with E-state index in [1.807, 2.05) is 12.1 Å². The summed E-state index contributed by atoms with van der Waals surface area (Å²) in [4.78, 5) is 43.6. The molecule has 0 radical (unpaired) electrons. The molecule has 8 heteroatoms. The zero-order valence-electron chi connectivity index (χ0n) is 20.0. The zero-order chi connectivity index (χ0) is 24.8. The number of para-hydroxylation sites is 1. The standard InChI is InChI=1S/C28H27N5O3/c1-32-12-14-33(15-13-32)19-9-7-18(8-10-19)29-27(35)17-6-11-23-21(16-17)24(28(36)31-23)25-26(34)20-4-2-3-5-22(20)30-25/h2-7,9-11,16,18,30H,8,12-15H2,1H3,(H,29,35)(H,31,36)/b25-24-. The number of fused-ring (bicyclic) bond motifs is 2. The van der Waals surface area contributed by atoms with Gasteiger partial charge in [-0.25, -0.2) is 0 Å². The Labute approximate surface area is 209 Å². The first-order chi connectivity index (χ1) is 17.5. The Bertz CT molecular complexity index is 1380. The molecule has 6 rings (SSSR count). The minimum absolute atomic E-state index is 0.105. The largest absolute Gasteiger partial charge is 0.369 e. The fourth-order valence-corrected chi connectivity index (χ4v) is 5.12. The fraction of sp³-hybridized carbons (Fsp3) is 0.250. The van der Waals surface area contributed by atoms with Crippen LogP contribution in [0.25, 0.3) is 5.57 Å². The van der Waals surface area contributed by atoms with Gasteiger partial charge in [0, 0.05) is 59.9 Å². The van der Waals surface area contributed by atoms with Gasteiger partial charge in [-0.2, -0.15) is 0 Å². The van der Waals surface area contributed by atoms with E-state index in [0.717, 1.165) is 32.6 Å². The minimum atomic E-state index is -0.358. The van der Waals surface area contributed by atoms with Gasteiger partial charge in [0.15, 0.2) is 0 Å². The summed E-state index contributed by atoms with van der Waals surface area (Å²) in [6.07, 6.45) is 7.03. The highest BCUT2D eigenvalue weighted by Gasteiger charge is 2.35. The molecule has 2 aromatic carbocycles. The molecule has 2 amide bonds. The van der Waals surface area contributed by atoms with Gasteiger partial charge in [0.25, 0.3) is 11.8 Å². The summed E-state index contributed by atoms with van der Waals surface area (Å²) < 4.78 is 0. The third-order valence-corrected chi connectivity index (χ3v) is 7.20. The summed E-state index contributed by atoms with van der Waals surface area (Å²) in [6.45, 7) is 4.11. The lowest BCUT2D eigenvalue weighted by molar-refractivity contribution is -0.110. The normalized spacial score (nSPS) is 23.1. The van der Waals surface area contributed by atoms with E-state index >= 15 is 0 Å². The van der Waals surface area contributed by atoms with Gasteiger partial charge in [0.1, 0.15) is 5.70 Å². The van der Waals surface area contributed by atoms with Crippen LogP contribution in [0, 0.1) is 0 Å². The monoisotopic (exact) mass is 481 g/mol. The topological polar surface area (TPSA) is 93.8 Å². The summed E-state index contributed by atoms with van der Waals surface area (Å²) >= 11 is 0. The van der Waals surface area contributed by atoms with Crippen molar-refractivity contribution < 1.29 is 14.4 Å². The Kier molecular flexibility index (Phi) is 5.45. The summed E-state index contributed by atoms with van der Waals surface area (Å²) in [5.41, 5.74) is 4.49. The van der Waals surface area contributed by atoms with E-state index < -0.39 is 0 Å². The molecule has 3 aliphatic heterocycles. The van der Waals surface area contributed by atoms with Crippen LogP contribution in [-0.4, -0.2) is 66.7 Å². The molecule has 36 heavy (non-hydrogen) atoms. The average Bonchev–Trinajstić information content (AvgIpc) is 3.39. The molecule has 0 spiro atoms. The number of allylic oxidation sites excluding steroid dienone is 2. The highest BCUT2D eigenvalue weighted by atomic mass is 16.2. The lowest BCUT2D eigenvalue weighted by Gasteiger charge is -2.35. The number of hydrogen-bond donors (Lipinski definition) is 3. The predicted octanol–water partition coefficient (Wildman–Crippen LogP) is 2.85. The predicted molar refractivity (Wildman–Crippen MR) is 139 cm³/mol. The molecule has 182 valence electrons. The minimum Gasteiger partial charge on any atom is -0.369 e. The molecule has 8 nitrogen and oxygen atoms in total. The molecule has 2 aromatic rings. The van der Waals surface area contributed by atoms with Crippen molar-refractivity contribution in [3.05, 3.63) is 88.8 Å². The Balaban J connectivity index is 1.19. The van der Waals surface area contributed by atoms with E-state index in [1.165, 1.54) is 5.70 Å². The molecule has 0 bridgehead atoms. The fourth-order valence-electron chi connectivity index (χ4n) is 5.12. The van der Waals surface area contributed by atoms with Crippen molar-refractivity contribution in [1.82, 2.24) is 15.1 Å². The van der Waals surface area contributed by atoms with Crippen molar-refractivity contribution in [3.8, 4) is 0 Å². The summed E-state index contributed by atoms with van der Waals surface area (Å²) in [5, 5.41) is 8.98. The van der Waals surface area contributed by atoms with Crippen molar-refractivity contribution in [3.63, 3.8) is 0 Å². The molecule has 0 aromatic heterocycles. The summed E-state index contributed by atoms with van der Waals surface area (Å²) in [7, 11) is 2.14. The molecule has 3 heterocycles. The van der Waals surface area contributed by atoms with Crippen molar-refractivity contribution in [1.29, 1.82) is 0 Å². The number of nitrogens with zero attached hydrogens (tertiary/aromatic N) is 2. The Morgan fingerprint density at radius 1 is 0.972 bits per heavy atom. The number of Topliss-reactive ketones (excluding diaryl/α,β-unsaturated/α-hetero) is 1. The van der Waals surface area contributed by atoms with Gasteiger partial charge in [-0.1, -0.05) is 24.3 Å². The molecule has 4 aliphatic rings. The molecule has 3 N–H and O–H groups in total. The number of hydrogen-bond acceptors (Lipinski definition) is 6. The van der Waals surface area contributed by atoms with Crippen molar-refractivity contribution >= 4 is 34.5 Å². The number of ketones is 1. The number of amides is 2. The lowest BCUT2D eigenvalue weighted by Crippen LogP contribution is -2.44. The van der Waals surface area contributed by atoms with Crippen LogP contribution in [0.5, 0.6) is 0 Å². The van der Waals surface area contributed by atoms with Crippen LogP contribution >= 0.6 is 0 Å². The first kappa shape index (κ1) is 22.3. The second-order valence-corrected chi connectivity index (χ2v) is 9.56. The van der Waals surface area contributed by atoms with E-state index in [-0.39, 0.29) is 34.9 Å². The number of anilines is 2. The molecule has 1 unspecified atom stereocenters. The average molecular weight is 482 g/mol. The van der Waals surface area contributed by atoms with Gasteiger partial charge in [-0.3, -0.25) is 14.4 Å². The molecule has 1 aliphatic carbocycles. The van der Waals surface area contributed by atoms with Crippen molar-refractivity contribution in [2.75, 3.05) is 43.9 Å². The quantitative estimate of drug-likeness (QED) is 0.584. The molecule has 1 fully saturated rings. The molecule has 1 saturated heterocycles. The van der Waals surface area contributed by atoms with Crippen molar-refractivity contribution in [2.24, 2.45) is 0 Å². The summed E-state index contributed by atoms with van der Waals surface area (Å²) in [6, 6.07) is 12.1. The van der Waals surface area contributed by atoms with Crippen LogP contribution in [0.15, 0.2) is 72.1 Å². The first-order valence-electron chi connectivity index (χ1n) is 12.2. The van der Waals surface area contributed by atoms with Crippen LogP contribution in [0.4, 0.5) is 11.4 Å². The smallest absolute Gasteiger partial charge is 0.258 e. The van der Waals surface area contributed by atoms with E-state index in [0.29, 0.717) is 28.1 Å².